The van der Waals surface area contributed by atoms with Crippen LogP contribution >= 0.6 is 11.6 Å². The normalized spacial score (nSPS) is 16.1. The summed E-state index contributed by atoms with van der Waals surface area (Å²) in [5.41, 5.74) is 2.47. The van der Waals surface area contributed by atoms with Crippen molar-refractivity contribution in [1.82, 2.24) is 0 Å². The Labute approximate surface area is 168 Å². The number of nitrogens with zero attached hydrogens (tertiary/aromatic N) is 2. The fraction of sp³-hybridized carbons (Fsp3) is 0.136. The lowest BCUT2D eigenvalue weighted by molar-refractivity contribution is 0.0969. The third-order valence-corrected chi connectivity index (χ3v) is 5.30. The summed E-state index contributed by atoms with van der Waals surface area (Å²) < 4.78 is 5.27. The minimum atomic E-state index is -0.600. The van der Waals surface area contributed by atoms with Gasteiger partial charge in [0.2, 0.25) is 0 Å². The average Bonchev–Trinajstić information content (AvgIpc) is 2.72. The molecule has 0 saturated heterocycles. The second-order valence-electron chi connectivity index (χ2n) is 6.53. The van der Waals surface area contributed by atoms with Gasteiger partial charge in [-0.3, -0.25) is 9.69 Å². The van der Waals surface area contributed by atoms with Crippen molar-refractivity contribution in [3.8, 4) is 11.5 Å². The highest BCUT2D eigenvalue weighted by Crippen LogP contribution is 2.46. The Kier molecular flexibility index (Phi) is 4.61. The number of methoxy groups -OCH3 is 1. The van der Waals surface area contributed by atoms with E-state index in [2.05, 4.69) is 0 Å². The summed E-state index contributed by atoms with van der Waals surface area (Å²) in [7, 11) is 3.38. The van der Waals surface area contributed by atoms with Gasteiger partial charge in [-0.15, -0.1) is 0 Å². The summed E-state index contributed by atoms with van der Waals surface area (Å²) in [5, 5.41) is 11.3. The molecule has 0 aromatic heterocycles. The molecule has 4 rings (SSSR count). The Morgan fingerprint density at radius 2 is 1.64 bits per heavy atom. The van der Waals surface area contributed by atoms with Crippen LogP contribution in [0.3, 0.4) is 0 Å². The highest BCUT2D eigenvalue weighted by molar-refractivity contribution is 6.34. The lowest BCUT2D eigenvalue weighted by Gasteiger charge is -2.44. The molecule has 1 aliphatic rings. The lowest BCUT2D eigenvalue weighted by Crippen LogP contribution is -2.48. The molecule has 0 radical (unpaired) electrons. The van der Waals surface area contributed by atoms with Crippen LogP contribution in [0.5, 0.6) is 11.5 Å². The van der Waals surface area contributed by atoms with Gasteiger partial charge >= 0.3 is 0 Å². The summed E-state index contributed by atoms with van der Waals surface area (Å²) in [6.07, 6.45) is -0.600. The number of carbonyl (C=O) groups excluding carboxylic acids is 1. The van der Waals surface area contributed by atoms with Gasteiger partial charge in [-0.2, -0.15) is 0 Å². The molecule has 3 aromatic carbocycles. The van der Waals surface area contributed by atoms with Gasteiger partial charge in [0.1, 0.15) is 6.17 Å². The van der Waals surface area contributed by atoms with Crippen LogP contribution in [0.15, 0.2) is 66.7 Å². The first-order valence-corrected chi connectivity index (χ1v) is 9.18. The first kappa shape index (κ1) is 18.2. The standard InChI is InChI=1S/C22H19ClN2O3/c1-24-17-11-5-3-8-14(17)22(27)25(18-12-6-4-10-16(18)23)21(24)15-9-7-13-19(28-2)20(15)26/h3-13,21,26H,1-2H3/t21-/m1/s1. The van der Waals surface area contributed by atoms with E-state index < -0.39 is 6.17 Å². The zero-order chi connectivity index (χ0) is 19.8. The molecule has 0 aliphatic carbocycles. The summed E-state index contributed by atoms with van der Waals surface area (Å²) in [4.78, 5) is 17.1. The highest BCUT2D eigenvalue weighted by atomic mass is 35.5. The first-order valence-electron chi connectivity index (χ1n) is 8.80. The molecule has 0 spiro atoms. The number of halogens is 1. The van der Waals surface area contributed by atoms with Crippen LogP contribution in [0, 0.1) is 0 Å². The topological polar surface area (TPSA) is 53.0 Å². The van der Waals surface area contributed by atoms with Crippen molar-refractivity contribution in [2.75, 3.05) is 24.0 Å². The molecule has 6 heteroatoms. The molecule has 1 heterocycles. The number of phenolic OH excluding ortho intramolecular Hbond substituents is 1. The predicted octanol–water partition coefficient (Wildman–Crippen LogP) is 4.85. The van der Waals surface area contributed by atoms with E-state index in [1.165, 1.54) is 7.11 Å². The van der Waals surface area contributed by atoms with Gasteiger partial charge in [-0.1, -0.05) is 48.0 Å². The van der Waals surface area contributed by atoms with Gasteiger partial charge in [0.05, 0.1) is 29.1 Å². The average molecular weight is 395 g/mol. The number of phenols is 1. The zero-order valence-corrected chi connectivity index (χ0v) is 16.2. The van der Waals surface area contributed by atoms with E-state index in [-0.39, 0.29) is 11.7 Å². The first-order chi connectivity index (χ1) is 13.5. The quantitative estimate of drug-likeness (QED) is 0.690. The number of carbonyl (C=O) groups is 1. The van der Waals surface area contributed by atoms with E-state index in [1.54, 1.807) is 41.3 Å². The van der Waals surface area contributed by atoms with Crippen molar-refractivity contribution in [2.45, 2.75) is 6.17 Å². The molecule has 142 valence electrons. The van der Waals surface area contributed by atoms with Gasteiger partial charge in [-0.05, 0) is 30.3 Å². The van der Waals surface area contributed by atoms with Crippen molar-refractivity contribution in [3.63, 3.8) is 0 Å². The molecule has 5 nitrogen and oxygen atoms in total. The third-order valence-electron chi connectivity index (χ3n) is 4.98. The summed E-state index contributed by atoms with van der Waals surface area (Å²) in [6, 6.07) is 19.8. The summed E-state index contributed by atoms with van der Waals surface area (Å²) >= 11 is 6.45. The second kappa shape index (κ2) is 7.09. The molecule has 1 amide bonds. The van der Waals surface area contributed by atoms with Gasteiger partial charge in [0, 0.05) is 12.6 Å². The monoisotopic (exact) mass is 394 g/mol. The minimum absolute atomic E-state index is 0.00825. The lowest BCUT2D eigenvalue weighted by atomic mass is 10.00. The molecule has 1 N–H and O–H groups in total. The van der Waals surface area contributed by atoms with E-state index in [0.29, 0.717) is 27.6 Å². The summed E-state index contributed by atoms with van der Waals surface area (Å²) in [5.74, 6) is 0.149. The van der Waals surface area contributed by atoms with Crippen LogP contribution in [-0.4, -0.2) is 25.2 Å². The van der Waals surface area contributed by atoms with Crippen LogP contribution in [-0.2, 0) is 0 Å². The minimum Gasteiger partial charge on any atom is -0.504 e. The number of fused-ring (bicyclic) bond motifs is 1. The number of amides is 1. The highest BCUT2D eigenvalue weighted by Gasteiger charge is 2.40. The van der Waals surface area contributed by atoms with Crippen LogP contribution < -0.4 is 14.5 Å². The Morgan fingerprint density at radius 1 is 0.964 bits per heavy atom. The number of anilines is 2. The number of ether oxygens (including phenoxy) is 1. The number of benzene rings is 3. The Bertz CT molecular complexity index is 1050. The van der Waals surface area contributed by atoms with Gasteiger partial charge in [0.25, 0.3) is 5.91 Å². The second-order valence-corrected chi connectivity index (χ2v) is 6.93. The van der Waals surface area contributed by atoms with E-state index in [1.807, 2.05) is 42.3 Å². The van der Waals surface area contributed by atoms with Crippen LogP contribution in [0.1, 0.15) is 22.1 Å². The molecule has 0 saturated carbocycles. The molecule has 0 fully saturated rings. The molecule has 1 atom stereocenters. The van der Waals surface area contributed by atoms with Crippen molar-refractivity contribution < 1.29 is 14.6 Å². The van der Waals surface area contributed by atoms with E-state index >= 15 is 0 Å². The maximum atomic E-state index is 13.5. The number of rotatable bonds is 3. The smallest absolute Gasteiger partial charge is 0.262 e. The number of para-hydroxylation sites is 3. The number of hydrogen-bond donors (Lipinski definition) is 1. The zero-order valence-electron chi connectivity index (χ0n) is 15.5. The molecule has 0 bridgehead atoms. The van der Waals surface area contributed by atoms with Crippen molar-refractivity contribution in [3.05, 3.63) is 82.9 Å². The van der Waals surface area contributed by atoms with Crippen molar-refractivity contribution >= 4 is 28.9 Å². The van der Waals surface area contributed by atoms with E-state index in [0.717, 1.165) is 5.69 Å². The molecule has 1 aliphatic heterocycles. The number of hydrogen-bond acceptors (Lipinski definition) is 4. The predicted molar refractivity (Wildman–Crippen MR) is 111 cm³/mol. The molecular weight excluding hydrogens is 376 g/mol. The molecular formula is C22H19ClN2O3. The molecule has 3 aromatic rings. The van der Waals surface area contributed by atoms with Gasteiger partial charge < -0.3 is 14.7 Å². The maximum absolute atomic E-state index is 13.5. The third kappa shape index (κ3) is 2.75. The van der Waals surface area contributed by atoms with Gasteiger partial charge in [0.15, 0.2) is 11.5 Å². The van der Waals surface area contributed by atoms with Crippen LogP contribution in [0.2, 0.25) is 5.02 Å². The van der Waals surface area contributed by atoms with Crippen LogP contribution in [0.4, 0.5) is 11.4 Å². The van der Waals surface area contributed by atoms with Crippen molar-refractivity contribution in [1.29, 1.82) is 0 Å². The van der Waals surface area contributed by atoms with Gasteiger partial charge in [-0.25, -0.2) is 0 Å². The Balaban J connectivity index is 1.98. The Morgan fingerprint density at radius 3 is 2.36 bits per heavy atom. The maximum Gasteiger partial charge on any atom is 0.262 e. The van der Waals surface area contributed by atoms with E-state index in [9.17, 15) is 9.90 Å². The largest absolute Gasteiger partial charge is 0.504 e. The van der Waals surface area contributed by atoms with Crippen LogP contribution in [0.25, 0.3) is 0 Å². The fourth-order valence-corrected chi connectivity index (χ4v) is 3.88. The fourth-order valence-electron chi connectivity index (χ4n) is 3.66. The molecule has 28 heavy (non-hydrogen) atoms. The molecule has 0 unspecified atom stereocenters. The van der Waals surface area contributed by atoms with Crippen molar-refractivity contribution in [2.24, 2.45) is 0 Å². The SMILES string of the molecule is COc1cccc([C@@H]2N(C)c3ccccc3C(=O)N2c2ccccc2Cl)c1O. The number of aromatic hydroxyl groups is 1. The Hall–Kier alpha value is -3.18. The summed E-state index contributed by atoms with van der Waals surface area (Å²) in [6.45, 7) is 0. The van der Waals surface area contributed by atoms with E-state index in [4.69, 9.17) is 16.3 Å².